The summed E-state index contributed by atoms with van der Waals surface area (Å²) in [7, 11) is 0. The van der Waals surface area contributed by atoms with Crippen molar-refractivity contribution in [2.45, 2.75) is 38.4 Å². The Kier molecular flexibility index (Phi) is 3.17. The molecule has 2 aliphatic heterocycles. The van der Waals surface area contributed by atoms with Crippen LogP contribution in [0.2, 0.25) is 0 Å². The average Bonchev–Trinajstić information content (AvgIpc) is 2.90. The summed E-state index contributed by atoms with van der Waals surface area (Å²) in [6, 6.07) is 12.4. The van der Waals surface area contributed by atoms with Gasteiger partial charge in [0.2, 0.25) is 0 Å². The Hall–Kier alpha value is -0.860. The van der Waals surface area contributed by atoms with Crippen LogP contribution in [0.15, 0.2) is 30.3 Å². The highest BCUT2D eigenvalue weighted by molar-refractivity contribution is 5.15. The van der Waals surface area contributed by atoms with E-state index in [4.69, 9.17) is 0 Å². The summed E-state index contributed by atoms with van der Waals surface area (Å²) in [6.45, 7) is 5.95. The topological polar surface area (TPSA) is 15.3 Å². The van der Waals surface area contributed by atoms with Gasteiger partial charge in [0.15, 0.2) is 0 Å². The first-order valence-electron chi connectivity index (χ1n) is 6.90. The van der Waals surface area contributed by atoms with Crippen molar-refractivity contribution in [1.29, 1.82) is 0 Å². The van der Waals surface area contributed by atoms with Crippen LogP contribution in [0.4, 0.5) is 0 Å². The largest absolute Gasteiger partial charge is 0.312 e. The van der Waals surface area contributed by atoms with Crippen LogP contribution in [0.25, 0.3) is 0 Å². The van der Waals surface area contributed by atoms with E-state index in [1.807, 2.05) is 0 Å². The van der Waals surface area contributed by atoms with E-state index in [0.29, 0.717) is 0 Å². The van der Waals surface area contributed by atoms with Crippen LogP contribution in [0.3, 0.4) is 0 Å². The van der Waals surface area contributed by atoms with Crippen molar-refractivity contribution in [2.24, 2.45) is 5.92 Å². The van der Waals surface area contributed by atoms with Gasteiger partial charge in [0.25, 0.3) is 0 Å². The molecular formula is C15H22N2. The zero-order chi connectivity index (χ0) is 11.7. The van der Waals surface area contributed by atoms with Crippen molar-refractivity contribution < 1.29 is 0 Å². The molecule has 17 heavy (non-hydrogen) atoms. The molecule has 1 N–H and O–H groups in total. The van der Waals surface area contributed by atoms with Gasteiger partial charge in [-0.1, -0.05) is 37.3 Å². The first-order chi connectivity index (χ1) is 8.38. The molecule has 0 bridgehead atoms. The van der Waals surface area contributed by atoms with E-state index in [1.165, 1.54) is 31.5 Å². The number of hydrogen-bond acceptors (Lipinski definition) is 2. The minimum absolute atomic E-state index is 0.739. The molecule has 2 aliphatic rings. The number of rotatable bonds is 3. The minimum atomic E-state index is 0.739. The molecule has 1 aromatic rings. The molecule has 2 heterocycles. The predicted molar refractivity (Wildman–Crippen MR) is 70.8 cm³/mol. The Morgan fingerprint density at radius 2 is 2.12 bits per heavy atom. The molecule has 3 unspecified atom stereocenters. The number of hydrogen-bond donors (Lipinski definition) is 1. The summed E-state index contributed by atoms with van der Waals surface area (Å²) >= 11 is 0. The van der Waals surface area contributed by atoms with Gasteiger partial charge in [-0.15, -0.1) is 0 Å². The minimum Gasteiger partial charge on any atom is -0.312 e. The van der Waals surface area contributed by atoms with Crippen LogP contribution >= 0.6 is 0 Å². The van der Waals surface area contributed by atoms with Gasteiger partial charge in [0.1, 0.15) is 0 Å². The lowest BCUT2D eigenvalue weighted by molar-refractivity contribution is 0.218. The van der Waals surface area contributed by atoms with E-state index in [0.717, 1.165) is 24.5 Å². The zero-order valence-electron chi connectivity index (χ0n) is 10.6. The second kappa shape index (κ2) is 4.79. The Bertz CT molecular complexity index is 362. The molecule has 0 aromatic heterocycles. The van der Waals surface area contributed by atoms with E-state index in [9.17, 15) is 0 Å². The van der Waals surface area contributed by atoms with E-state index in [2.05, 4.69) is 47.5 Å². The number of likely N-dealkylation sites (tertiary alicyclic amines) is 1. The van der Waals surface area contributed by atoms with E-state index in [1.54, 1.807) is 0 Å². The van der Waals surface area contributed by atoms with Crippen LogP contribution in [0, 0.1) is 5.92 Å². The molecule has 2 saturated heterocycles. The molecule has 3 atom stereocenters. The molecule has 2 fully saturated rings. The molecule has 1 aromatic carbocycles. The van der Waals surface area contributed by atoms with Crippen LogP contribution in [-0.2, 0) is 6.54 Å². The summed E-state index contributed by atoms with van der Waals surface area (Å²) < 4.78 is 0. The second-order valence-corrected chi connectivity index (χ2v) is 5.42. The maximum atomic E-state index is 3.69. The van der Waals surface area contributed by atoms with Crippen molar-refractivity contribution in [3.05, 3.63) is 35.9 Å². The van der Waals surface area contributed by atoms with Gasteiger partial charge < -0.3 is 5.32 Å². The molecule has 92 valence electrons. The van der Waals surface area contributed by atoms with Gasteiger partial charge in [-0.3, -0.25) is 4.90 Å². The van der Waals surface area contributed by atoms with Crippen LogP contribution < -0.4 is 5.32 Å². The van der Waals surface area contributed by atoms with Crippen molar-refractivity contribution in [3.63, 3.8) is 0 Å². The molecule has 0 spiro atoms. The monoisotopic (exact) mass is 230 g/mol. The van der Waals surface area contributed by atoms with Crippen molar-refractivity contribution >= 4 is 0 Å². The first kappa shape index (κ1) is 11.2. The molecular weight excluding hydrogens is 208 g/mol. The molecule has 2 nitrogen and oxygen atoms in total. The zero-order valence-corrected chi connectivity index (χ0v) is 10.6. The van der Waals surface area contributed by atoms with E-state index >= 15 is 0 Å². The summed E-state index contributed by atoms with van der Waals surface area (Å²) in [5.41, 5.74) is 1.45. The lowest BCUT2D eigenvalue weighted by atomic mass is 9.99. The quantitative estimate of drug-likeness (QED) is 0.857. The van der Waals surface area contributed by atoms with E-state index in [-0.39, 0.29) is 0 Å². The van der Waals surface area contributed by atoms with Crippen LogP contribution in [-0.4, -0.2) is 30.1 Å². The molecule has 3 rings (SSSR count). The SMILES string of the molecule is CCC1C2NCCC2CN1Cc1ccccc1. The highest BCUT2D eigenvalue weighted by Crippen LogP contribution is 2.32. The summed E-state index contributed by atoms with van der Waals surface area (Å²) in [5.74, 6) is 0.892. The highest BCUT2D eigenvalue weighted by Gasteiger charge is 2.42. The normalized spacial score (nSPS) is 32.9. The molecule has 0 amide bonds. The fourth-order valence-electron chi connectivity index (χ4n) is 3.61. The Labute approximate surface area is 104 Å². The van der Waals surface area contributed by atoms with Crippen molar-refractivity contribution in [2.75, 3.05) is 13.1 Å². The van der Waals surface area contributed by atoms with Crippen LogP contribution in [0.5, 0.6) is 0 Å². The smallest absolute Gasteiger partial charge is 0.0264 e. The fraction of sp³-hybridized carbons (Fsp3) is 0.600. The number of nitrogens with one attached hydrogen (secondary N) is 1. The van der Waals surface area contributed by atoms with Gasteiger partial charge in [-0.05, 0) is 30.9 Å². The first-order valence-corrected chi connectivity index (χ1v) is 6.90. The molecule has 2 heteroatoms. The van der Waals surface area contributed by atoms with Gasteiger partial charge in [-0.2, -0.15) is 0 Å². The van der Waals surface area contributed by atoms with Crippen LogP contribution in [0.1, 0.15) is 25.3 Å². The van der Waals surface area contributed by atoms with Gasteiger partial charge in [0.05, 0.1) is 0 Å². The van der Waals surface area contributed by atoms with E-state index < -0.39 is 0 Å². The van der Waals surface area contributed by atoms with Gasteiger partial charge >= 0.3 is 0 Å². The standard InChI is InChI=1S/C15H22N2/c1-2-14-15-13(8-9-16-15)11-17(14)10-12-6-4-3-5-7-12/h3-7,13-16H,2,8-11H2,1H3. The Balaban J connectivity index is 1.71. The third-order valence-electron chi connectivity index (χ3n) is 4.40. The lowest BCUT2D eigenvalue weighted by Gasteiger charge is -2.27. The summed E-state index contributed by atoms with van der Waals surface area (Å²) in [5, 5.41) is 3.69. The summed E-state index contributed by atoms with van der Waals surface area (Å²) in [4.78, 5) is 2.68. The Morgan fingerprint density at radius 1 is 1.29 bits per heavy atom. The maximum absolute atomic E-state index is 3.69. The number of nitrogens with zero attached hydrogens (tertiary/aromatic N) is 1. The number of fused-ring (bicyclic) bond motifs is 1. The Morgan fingerprint density at radius 3 is 2.88 bits per heavy atom. The number of benzene rings is 1. The maximum Gasteiger partial charge on any atom is 0.0264 e. The van der Waals surface area contributed by atoms with Crippen molar-refractivity contribution in [1.82, 2.24) is 10.2 Å². The van der Waals surface area contributed by atoms with Gasteiger partial charge in [-0.25, -0.2) is 0 Å². The average molecular weight is 230 g/mol. The lowest BCUT2D eigenvalue weighted by Crippen LogP contribution is -2.40. The molecule has 0 aliphatic carbocycles. The highest BCUT2D eigenvalue weighted by atomic mass is 15.2. The van der Waals surface area contributed by atoms with Crippen molar-refractivity contribution in [3.8, 4) is 0 Å². The third kappa shape index (κ3) is 2.12. The molecule has 0 saturated carbocycles. The fourth-order valence-corrected chi connectivity index (χ4v) is 3.61. The second-order valence-electron chi connectivity index (χ2n) is 5.42. The third-order valence-corrected chi connectivity index (χ3v) is 4.40. The summed E-state index contributed by atoms with van der Waals surface area (Å²) in [6.07, 6.45) is 2.63. The van der Waals surface area contributed by atoms with Gasteiger partial charge in [0, 0.05) is 25.2 Å². The molecule has 0 radical (unpaired) electrons. The predicted octanol–water partition coefficient (Wildman–Crippen LogP) is 2.26.